The highest BCUT2D eigenvalue weighted by Gasteiger charge is 2.18. The molecule has 1 atom stereocenters. The van der Waals surface area contributed by atoms with Crippen LogP contribution in [-0.2, 0) is 4.74 Å². The van der Waals surface area contributed by atoms with Crippen molar-refractivity contribution >= 4 is 11.4 Å². The Hall–Kier alpha value is -2.15. The number of morpholine rings is 1. The average molecular weight is 334 g/mol. The van der Waals surface area contributed by atoms with Gasteiger partial charge in [-0.15, -0.1) is 0 Å². The number of nitrogens with one attached hydrogen (secondary N) is 1. The number of rotatable bonds is 5. The molecule has 6 nitrogen and oxygen atoms in total. The SMILES string of the molecule is CC(C)c1noc([C@H](C)Nc2ccc(N3CCOCC3)c(F)c2)n1. The molecule has 0 saturated carbocycles. The molecular weight excluding hydrogens is 311 g/mol. The molecule has 1 aliphatic rings. The van der Waals surface area contributed by atoms with Crippen LogP contribution < -0.4 is 10.2 Å². The van der Waals surface area contributed by atoms with Crippen LogP contribution in [0.2, 0.25) is 0 Å². The first-order valence-corrected chi connectivity index (χ1v) is 8.27. The second kappa shape index (κ2) is 7.17. The van der Waals surface area contributed by atoms with Crippen LogP contribution in [0.25, 0.3) is 0 Å². The number of ether oxygens (including phenoxy) is 1. The van der Waals surface area contributed by atoms with Crippen molar-refractivity contribution in [2.75, 3.05) is 36.5 Å². The molecule has 1 fully saturated rings. The van der Waals surface area contributed by atoms with Crippen LogP contribution in [0.15, 0.2) is 22.7 Å². The molecule has 1 aromatic heterocycles. The first-order chi connectivity index (χ1) is 11.5. The number of nitrogens with zero attached hydrogens (tertiary/aromatic N) is 3. The molecule has 24 heavy (non-hydrogen) atoms. The predicted octanol–water partition coefficient (Wildman–Crippen LogP) is 3.34. The van der Waals surface area contributed by atoms with Crippen molar-refractivity contribution < 1.29 is 13.7 Å². The molecule has 0 aliphatic carbocycles. The normalized spacial score (nSPS) is 16.5. The van der Waals surface area contributed by atoms with E-state index in [9.17, 15) is 4.39 Å². The zero-order valence-electron chi connectivity index (χ0n) is 14.3. The minimum Gasteiger partial charge on any atom is -0.378 e. The molecule has 2 heterocycles. The molecule has 0 unspecified atom stereocenters. The fourth-order valence-corrected chi connectivity index (χ4v) is 2.63. The minimum absolute atomic E-state index is 0.196. The first kappa shape index (κ1) is 16.7. The second-order valence-corrected chi connectivity index (χ2v) is 6.28. The smallest absolute Gasteiger partial charge is 0.248 e. The maximum atomic E-state index is 14.4. The lowest BCUT2D eigenvalue weighted by Crippen LogP contribution is -2.36. The van der Waals surface area contributed by atoms with Crippen molar-refractivity contribution in [3.05, 3.63) is 35.7 Å². The van der Waals surface area contributed by atoms with Gasteiger partial charge in [0.25, 0.3) is 0 Å². The highest BCUT2D eigenvalue weighted by Crippen LogP contribution is 2.26. The van der Waals surface area contributed by atoms with Gasteiger partial charge in [-0.25, -0.2) is 4.39 Å². The Morgan fingerprint density at radius 3 is 2.58 bits per heavy atom. The van der Waals surface area contributed by atoms with Crippen LogP contribution >= 0.6 is 0 Å². The number of aromatic nitrogens is 2. The topological polar surface area (TPSA) is 63.4 Å². The van der Waals surface area contributed by atoms with E-state index in [1.54, 1.807) is 6.07 Å². The van der Waals surface area contributed by atoms with Crippen molar-refractivity contribution in [2.24, 2.45) is 0 Å². The molecule has 2 aromatic rings. The van der Waals surface area contributed by atoms with E-state index in [0.717, 1.165) is 0 Å². The van der Waals surface area contributed by atoms with E-state index in [-0.39, 0.29) is 17.8 Å². The zero-order valence-corrected chi connectivity index (χ0v) is 14.3. The van der Waals surface area contributed by atoms with Crippen molar-refractivity contribution in [2.45, 2.75) is 32.7 Å². The maximum Gasteiger partial charge on any atom is 0.248 e. The van der Waals surface area contributed by atoms with Gasteiger partial charge in [0.2, 0.25) is 5.89 Å². The third-order valence-electron chi connectivity index (χ3n) is 4.03. The van der Waals surface area contributed by atoms with Gasteiger partial charge in [0.15, 0.2) is 5.82 Å². The maximum absolute atomic E-state index is 14.4. The number of hydrogen-bond donors (Lipinski definition) is 1. The van der Waals surface area contributed by atoms with E-state index in [1.165, 1.54) is 6.07 Å². The van der Waals surface area contributed by atoms with Crippen LogP contribution in [0.5, 0.6) is 0 Å². The van der Waals surface area contributed by atoms with Crippen molar-refractivity contribution in [3.63, 3.8) is 0 Å². The van der Waals surface area contributed by atoms with Gasteiger partial charge in [-0.1, -0.05) is 19.0 Å². The molecule has 0 amide bonds. The fourth-order valence-electron chi connectivity index (χ4n) is 2.63. The van der Waals surface area contributed by atoms with Gasteiger partial charge in [-0.2, -0.15) is 4.98 Å². The van der Waals surface area contributed by atoms with Gasteiger partial charge >= 0.3 is 0 Å². The Labute approximate surface area is 141 Å². The van der Waals surface area contributed by atoms with Crippen molar-refractivity contribution in [1.29, 1.82) is 0 Å². The van der Waals surface area contributed by atoms with E-state index in [1.807, 2.05) is 31.7 Å². The zero-order chi connectivity index (χ0) is 17.1. The van der Waals surface area contributed by atoms with E-state index < -0.39 is 0 Å². The number of halogens is 1. The summed E-state index contributed by atoms with van der Waals surface area (Å²) < 4.78 is 25.0. The summed E-state index contributed by atoms with van der Waals surface area (Å²) in [6.07, 6.45) is 0. The molecular formula is C17H23FN4O2. The molecule has 7 heteroatoms. The van der Waals surface area contributed by atoms with Crippen molar-refractivity contribution in [1.82, 2.24) is 10.1 Å². The van der Waals surface area contributed by atoms with Crippen LogP contribution in [0.1, 0.15) is 44.4 Å². The Morgan fingerprint density at radius 1 is 1.21 bits per heavy atom. The molecule has 0 radical (unpaired) electrons. The molecule has 0 spiro atoms. The molecule has 1 saturated heterocycles. The molecule has 1 aromatic carbocycles. The van der Waals surface area contributed by atoms with E-state index in [4.69, 9.17) is 9.26 Å². The third-order valence-corrected chi connectivity index (χ3v) is 4.03. The largest absolute Gasteiger partial charge is 0.378 e. The van der Waals surface area contributed by atoms with Crippen LogP contribution in [0.4, 0.5) is 15.8 Å². The monoisotopic (exact) mass is 334 g/mol. The number of hydrogen-bond acceptors (Lipinski definition) is 6. The van der Waals surface area contributed by atoms with E-state index >= 15 is 0 Å². The van der Waals surface area contributed by atoms with E-state index in [0.29, 0.717) is 49.4 Å². The lowest BCUT2D eigenvalue weighted by molar-refractivity contribution is 0.122. The average Bonchev–Trinajstić information content (AvgIpc) is 3.06. The fraction of sp³-hybridized carbons (Fsp3) is 0.529. The first-order valence-electron chi connectivity index (χ1n) is 8.27. The molecule has 3 rings (SSSR count). The molecule has 1 aliphatic heterocycles. The van der Waals surface area contributed by atoms with Crippen LogP contribution in [-0.4, -0.2) is 36.4 Å². The second-order valence-electron chi connectivity index (χ2n) is 6.28. The van der Waals surface area contributed by atoms with Gasteiger partial charge in [-0.05, 0) is 25.1 Å². The van der Waals surface area contributed by atoms with Gasteiger partial charge in [0.05, 0.1) is 18.9 Å². The molecule has 0 bridgehead atoms. The molecule has 130 valence electrons. The van der Waals surface area contributed by atoms with Crippen LogP contribution in [0, 0.1) is 5.82 Å². The van der Waals surface area contributed by atoms with Gasteiger partial charge in [-0.3, -0.25) is 0 Å². The van der Waals surface area contributed by atoms with Gasteiger partial charge in [0.1, 0.15) is 11.9 Å². The summed E-state index contributed by atoms with van der Waals surface area (Å²) in [4.78, 5) is 6.36. The summed E-state index contributed by atoms with van der Waals surface area (Å²) in [5.41, 5.74) is 1.29. The Kier molecular flexibility index (Phi) is 4.99. The van der Waals surface area contributed by atoms with E-state index in [2.05, 4.69) is 15.5 Å². The van der Waals surface area contributed by atoms with Crippen LogP contribution in [0.3, 0.4) is 0 Å². The quantitative estimate of drug-likeness (QED) is 0.905. The van der Waals surface area contributed by atoms with Gasteiger partial charge in [0, 0.05) is 24.7 Å². The molecule has 1 N–H and O–H groups in total. The lowest BCUT2D eigenvalue weighted by Gasteiger charge is -2.29. The summed E-state index contributed by atoms with van der Waals surface area (Å²) in [5, 5.41) is 7.15. The van der Waals surface area contributed by atoms with Gasteiger partial charge < -0.3 is 19.5 Å². The lowest BCUT2D eigenvalue weighted by atomic mass is 10.2. The summed E-state index contributed by atoms with van der Waals surface area (Å²) >= 11 is 0. The highest BCUT2D eigenvalue weighted by molar-refractivity contribution is 5.57. The summed E-state index contributed by atoms with van der Waals surface area (Å²) in [5.74, 6) is 1.13. The summed E-state index contributed by atoms with van der Waals surface area (Å²) in [7, 11) is 0. The number of anilines is 2. The standard InChI is InChI=1S/C17H23FN4O2/c1-11(2)16-20-17(24-21-16)12(3)19-13-4-5-15(14(18)10-13)22-6-8-23-9-7-22/h4-5,10-12,19H,6-9H2,1-3H3/t12-/m0/s1. The summed E-state index contributed by atoms with van der Waals surface area (Å²) in [6.45, 7) is 8.60. The Balaban J connectivity index is 1.69. The Bertz CT molecular complexity index is 683. The Morgan fingerprint density at radius 2 is 1.96 bits per heavy atom. The minimum atomic E-state index is -0.248. The summed E-state index contributed by atoms with van der Waals surface area (Å²) in [6, 6.07) is 4.97. The highest BCUT2D eigenvalue weighted by atomic mass is 19.1. The predicted molar refractivity (Wildman–Crippen MR) is 89.9 cm³/mol. The third kappa shape index (κ3) is 3.67. The number of benzene rings is 1. The van der Waals surface area contributed by atoms with Crippen molar-refractivity contribution in [3.8, 4) is 0 Å².